The zero-order chi connectivity index (χ0) is 15.3. The SMILES string of the molecule is CC1(C)OB(C(F)=Cc2cnn3ccccc23)OC1(C)C. The first-order valence-corrected chi connectivity index (χ1v) is 6.95. The summed E-state index contributed by atoms with van der Waals surface area (Å²) in [5.41, 5.74) is -0.0205. The molecule has 6 heteroatoms. The van der Waals surface area contributed by atoms with Gasteiger partial charge >= 0.3 is 7.12 Å². The molecule has 1 aliphatic heterocycles. The second-order valence-corrected chi connectivity index (χ2v) is 6.25. The summed E-state index contributed by atoms with van der Waals surface area (Å²) >= 11 is 0. The van der Waals surface area contributed by atoms with Crippen LogP contribution in [0.2, 0.25) is 0 Å². The van der Waals surface area contributed by atoms with E-state index in [0.717, 1.165) is 5.52 Å². The molecule has 0 radical (unpaired) electrons. The van der Waals surface area contributed by atoms with Crippen molar-refractivity contribution >= 4 is 18.7 Å². The van der Waals surface area contributed by atoms with E-state index in [4.69, 9.17) is 9.31 Å². The van der Waals surface area contributed by atoms with Crippen LogP contribution in [0.3, 0.4) is 0 Å². The number of aromatic nitrogens is 2. The van der Waals surface area contributed by atoms with Gasteiger partial charge < -0.3 is 9.31 Å². The Balaban J connectivity index is 1.91. The molecular formula is C15H18BFN2O2. The quantitative estimate of drug-likeness (QED) is 0.796. The lowest BCUT2D eigenvalue weighted by Gasteiger charge is -2.32. The monoisotopic (exact) mass is 288 g/mol. The Morgan fingerprint density at radius 2 is 1.90 bits per heavy atom. The summed E-state index contributed by atoms with van der Waals surface area (Å²) in [5, 5.41) is 4.18. The zero-order valence-corrected chi connectivity index (χ0v) is 12.6. The molecule has 0 bridgehead atoms. The first-order valence-electron chi connectivity index (χ1n) is 6.95. The van der Waals surface area contributed by atoms with Crippen molar-refractivity contribution in [1.82, 2.24) is 9.61 Å². The van der Waals surface area contributed by atoms with Crippen LogP contribution in [0.15, 0.2) is 36.3 Å². The van der Waals surface area contributed by atoms with Crippen molar-refractivity contribution in [2.45, 2.75) is 38.9 Å². The van der Waals surface area contributed by atoms with Gasteiger partial charge in [0, 0.05) is 11.8 Å². The molecule has 0 atom stereocenters. The molecule has 110 valence electrons. The van der Waals surface area contributed by atoms with E-state index in [1.54, 1.807) is 10.7 Å². The first kappa shape index (κ1) is 14.3. The normalized spacial score (nSPS) is 21.2. The summed E-state index contributed by atoms with van der Waals surface area (Å²) in [4.78, 5) is 0. The Bertz CT molecular complexity index is 693. The van der Waals surface area contributed by atoms with Crippen LogP contribution in [0.5, 0.6) is 0 Å². The Kier molecular flexibility index (Phi) is 3.18. The van der Waals surface area contributed by atoms with E-state index in [9.17, 15) is 4.39 Å². The molecule has 4 nitrogen and oxygen atoms in total. The molecule has 0 aliphatic carbocycles. The smallest absolute Gasteiger partial charge is 0.398 e. The van der Waals surface area contributed by atoms with Crippen molar-refractivity contribution in [1.29, 1.82) is 0 Å². The number of rotatable bonds is 2. The van der Waals surface area contributed by atoms with Gasteiger partial charge in [-0.25, -0.2) is 8.91 Å². The summed E-state index contributed by atoms with van der Waals surface area (Å²) in [7, 11) is -0.978. The molecule has 0 spiro atoms. The second-order valence-electron chi connectivity index (χ2n) is 6.25. The first-order chi connectivity index (χ1) is 9.80. The largest absolute Gasteiger partial charge is 0.525 e. The Morgan fingerprint density at radius 1 is 1.24 bits per heavy atom. The van der Waals surface area contributed by atoms with Crippen LogP contribution in [0.25, 0.3) is 11.6 Å². The average Bonchev–Trinajstić information content (AvgIpc) is 2.89. The number of halogens is 1. The third-order valence-corrected chi connectivity index (χ3v) is 4.23. The van der Waals surface area contributed by atoms with E-state index < -0.39 is 24.0 Å². The maximum atomic E-state index is 14.5. The minimum absolute atomic E-state index is 0.451. The van der Waals surface area contributed by atoms with E-state index >= 15 is 0 Å². The van der Waals surface area contributed by atoms with Gasteiger partial charge in [0.15, 0.2) is 0 Å². The molecule has 1 fully saturated rings. The minimum atomic E-state index is -0.978. The molecular weight excluding hydrogens is 270 g/mol. The number of hydrogen-bond acceptors (Lipinski definition) is 3. The van der Waals surface area contributed by atoms with Gasteiger partial charge in [0.25, 0.3) is 0 Å². The van der Waals surface area contributed by atoms with Crippen LogP contribution >= 0.6 is 0 Å². The molecule has 21 heavy (non-hydrogen) atoms. The van der Waals surface area contributed by atoms with Crippen molar-refractivity contribution in [3.05, 3.63) is 41.9 Å². The molecule has 2 aromatic rings. The van der Waals surface area contributed by atoms with Crippen molar-refractivity contribution in [2.24, 2.45) is 0 Å². The Hall–Kier alpha value is -1.66. The van der Waals surface area contributed by atoms with Crippen LogP contribution < -0.4 is 0 Å². The molecule has 0 saturated carbocycles. The van der Waals surface area contributed by atoms with Gasteiger partial charge in [-0.2, -0.15) is 5.10 Å². The molecule has 1 saturated heterocycles. The van der Waals surface area contributed by atoms with Crippen LogP contribution in [0.1, 0.15) is 33.3 Å². The van der Waals surface area contributed by atoms with Crippen molar-refractivity contribution in [2.75, 3.05) is 0 Å². The lowest BCUT2D eigenvalue weighted by atomic mass is 9.87. The summed E-state index contributed by atoms with van der Waals surface area (Å²) < 4.78 is 27.5. The molecule has 3 rings (SSSR count). The maximum absolute atomic E-state index is 14.5. The van der Waals surface area contributed by atoms with Gasteiger partial charge in [0.2, 0.25) is 0 Å². The van der Waals surface area contributed by atoms with E-state index in [1.807, 2.05) is 52.1 Å². The number of pyridine rings is 1. The lowest BCUT2D eigenvalue weighted by molar-refractivity contribution is 0.00578. The van der Waals surface area contributed by atoms with Crippen LogP contribution in [0, 0.1) is 0 Å². The highest BCUT2D eigenvalue weighted by atomic mass is 19.1. The number of nitrogens with zero attached hydrogens (tertiary/aromatic N) is 2. The molecule has 0 aromatic carbocycles. The molecule has 0 unspecified atom stereocenters. The Labute approximate surface area is 123 Å². The predicted octanol–water partition coefficient (Wildman–Crippen LogP) is 3.28. The van der Waals surface area contributed by atoms with Crippen LogP contribution in [-0.4, -0.2) is 27.9 Å². The lowest BCUT2D eigenvalue weighted by Crippen LogP contribution is -2.41. The highest BCUT2D eigenvalue weighted by molar-refractivity contribution is 6.54. The highest BCUT2D eigenvalue weighted by Gasteiger charge is 2.53. The molecule has 2 aromatic heterocycles. The maximum Gasteiger partial charge on any atom is 0.525 e. The van der Waals surface area contributed by atoms with Crippen LogP contribution in [-0.2, 0) is 9.31 Å². The van der Waals surface area contributed by atoms with Crippen molar-refractivity contribution < 1.29 is 13.7 Å². The fraction of sp³-hybridized carbons (Fsp3) is 0.400. The topological polar surface area (TPSA) is 35.8 Å². The van der Waals surface area contributed by atoms with Gasteiger partial charge in [-0.15, -0.1) is 0 Å². The summed E-state index contributed by atoms with van der Waals surface area (Å²) in [6, 6.07) is 5.65. The molecule has 0 N–H and O–H groups in total. The minimum Gasteiger partial charge on any atom is -0.398 e. The standard InChI is InChI=1S/C15H18BFN2O2/c1-14(2)15(3,4)21-16(20-14)13(17)9-11-10-18-19-8-6-5-7-12(11)19/h5-10H,1-4H3. The summed E-state index contributed by atoms with van der Waals surface area (Å²) in [5.74, 6) is 0. The second kappa shape index (κ2) is 4.68. The van der Waals surface area contributed by atoms with Gasteiger partial charge in [0.05, 0.1) is 22.9 Å². The highest BCUT2D eigenvalue weighted by Crippen LogP contribution is 2.39. The third kappa shape index (κ3) is 2.38. The zero-order valence-electron chi connectivity index (χ0n) is 12.6. The van der Waals surface area contributed by atoms with Crippen LogP contribution in [0.4, 0.5) is 4.39 Å². The molecule has 3 heterocycles. The van der Waals surface area contributed by atoms with Gasteiger partial charge in [-0.05, 0) is 45.9 Å². The predicted molar refractivity (Wildman–Crippen MR) is 80.4 cm³/mol. The van der Waals surface area contributed by atoms with Gasteiger partial charge in [-0.1, -0.05) is 6.07 Å². The number of fused-ring (bicyclic) bond motifs is 1. The Morgan fingerprint density at radius 3 is 2.57 bits per heavy atom. The molecule has 0 amide bonds. The average molecular weight is 288 g/mol. The number of hydrogen-bond donors (Lipinski definition) is 0. The van der Waals surface area contributed by atoms with E-state index in [0.29, 0.717) is 5.56 Å². The summed E-state index contributed by atoms with van der Waals surface area (Å²) in [6.45, 7) is 7.59. The van der Waals surface area contributed by atoms with E-state index in [2.05, 4.69) is 5.10 Å². The molecule has 1 aliphatic rings. The fourth-order valence-corrected chi connectivity index (χ4v) is 2.24. The van der Waals surface area contributed by atoms with Gasteiger partial charge in [-0.3, -0.25) is 0 Å². The summed E-state index contributed by atoms with van der Waals surface area (Å²) in [6.07, 6.45) is 4.87. The fourth-order valence-electron chi connectivity index (χ4n) is 2.24. The van der Waals surface area contributed by atoms with E-state index in [-0.39, 0.29) is 0 Å². The van der Waals surface area contributed by atoms with E-state index in [1.165, 1.54) is 6.08 Å². The van der Waals surface area contributed by atoms with Crippen molar-refractivity contribution in [3.63, 3.8) is 0 Å². The third-order valence-electron chi connectivity index (χ3n) is 4.23. The van der Waals surface area contributed by atoms with Gasteiger partial charge in [0.1, 0.15) is 5.73 Å². The van der Waals surface area contributed by atoms with Crippen molar-refractivity contribution in [3.8, 4) is 0 Å².